The Bertz CT molecular complexity index is 330. The molecule has 2 unspecified atom stereocenters. The summed E-state index contributed by atoms with van der Waals surface area (Å²) in [6, 6.07) is 0.931. The molecule has 0 aromatic carbocycles. The van der Waals surface area contributed by atoms with Gasteiger partial charge in [-0.15, -0.1) is 0 Å². The van der Waals surface area contributed by atoms with Crippen molar-refractivity contribution in [2.24, 2.45) is 0 Å². The molecule has 3 aliphatic heterocycles. The maximum Gasteiger partial charge on any atom is 0.224 e. The Balaban J connectivity index is 1.45. The largest absolute Gasteiger partial charge is 0.379 e. The standard InChI is InChI=1S/C14H25N3O2S/c18-14(9-12-11-20-8-2-15-12)17-3-1-13(10-17)16-4-6-19-7-5-16/h12-13,15H,1-11H2. The van der Waals surface area contributed by atoms with Crippen LogP contribution in [0.5, 0.6) is 0 Å². The number of carbonyl (C=O) groups excluding carboxylic acids is 1. The third-order valence-corrected chi connectivity index (χ3v) is 5.63. The third kappa shape index (κ3) is 3.67. The van der Waals surface area contributed by atoms with Crippen molar-refractivity contribution < 1.29 is 9.53 Å². The Morgan fingerprint density at radius 3 is 2.90 bits per heavy atom. The first kappa shape index (κ1) is 14.6. The van der Waals surface area contributed by atoms with Gasteiger partial charge in [-0.05, 0) is 6.42 Å². The summed E-state index contributed by atoms with van der Waals surface area (Å²) in [6.45, 7) is 6.61. The van der Waals surface area contributed by atoms with Crippen molar-refractivity contribution in [3.8, 4) is 0 Å². The van der Waals surface area contributed by atoms with E-state index in [0.29, 0.717) is 24.4 Å². The molecule has 0 spiro atoms. The molecule has 3 fully saturated rings. The van der Waals surface area contributed by atoms with Crippen LogP contribution in [-0.2, 0) is 9.53 Å². The molecule has 0 radical (unpaired) electrons. The monoisotopic (exact) mass is 299 g/mol. The second-order valence-electron chi connectivity index (χ2n) is 5.86. The van der Waals surface area contributed by atoms with Crippen molar-refractivity contribution in [3.63, 3.8) is 0 Å². The quantitative estimate of drug-likeness (QED) is 0.796. The fraction of sp³-hybridized carbons (Fsp3) is 0.929. The number of nitrogens with one attached hydrogen (secondary N) is 1. The second-order valence-corrected chi connectivity index (χ2v) is 7.01. The van der Waals surface area contributed by atoms with Crippen LogP contribution < -0.4 is 5.32 Å². The van der Waals surface area contributed by atoms with Crippen LogP contribution in [0.25, 0.3) is 0 Å². The normalized spacial score (nSPS) is 32.5. The zero-order chi connectivity index (χ0) is 13.8. The van der Waals surface area contributed by atoms with Crippen LogP contribution in [0.15, 0.2) is 0 Å². The molecule has 6 heteroatoms. The van der Waals surface area contributed by atoms with E-state index in [2.05, 4.69) is 15.1 Å². The number of thioether (sulfide) groups is 1. The second kappa shape index (κ2) is 7.11. The number of likely N-dealkylation sites (tertiary alicyclic amines) is 1. The highest BCUT2D eigenvalue weighted by molar-refractivity contribution is 7.99. The summed E-state index contributed by atoms with van der Waals surface area (Å²) < 4.78 is 5.40. The molecule has 20 heavy (non-hydrogen) atoms. The van der Waals surface area contributed by atoms with Gasteiger partial charge in [0, 0.05) is 62.7 Å². The van der Waals surface area contributed by atoms with Crippen molar-refractivity contribution in [2.75, 3.05) is 57.4 Å². The topological polar surface area (TPSA) is 44.8 Å². The van der Waals surface area contributed by atoms with E-state index >= 15 is 0 Å². The Hall–Kier alpha value is -0.300. The Morgan fingerprint density at radius 1 is 1.30 bits per heavy atom. The lowest BCUT2D eigenvalue weighted by atomic mass is 10.2. The Morgan fingerprint density at radius 2 is 2.15 bits per heavy atom. The van der Waals surface area contributed by atoms with Crippen LogP contribution in [0.4, 0.5) is 0 Å². The van der Waals surface area contributed by atoms with E-state index in [1.165, 1.54) is 5.75 Å². The molecule has 2 atom stereocenters. The smallest absolute Gasteiger partial charge is 0.224 e. The molecule has 0 bridgehead atoms. The van der Waals surface area contributed by atoms with Gasteiger partial charge in [-0.3, -0.25) is 9.69 Å². The van der Waals surface area contributed by atoms with Gasteiger partial charge in [0.2, 0.25) is 5.91 Å². The molecule has 114 valence electrons. The Kier molecular flexibility index (Phi) is 5.20. The first-order valence-corrected chi connectivity index (χ1v) is 8.89. The first-order chi connectivity index (χ1) is 9.83. The molecule has 5 nitrogen and oxygen atoms in total. The molecule has 3 saturated heterocycles. The summed E-state index contributed by atoms with van der Waals surface area (Å²) >= 11 is 1.96. The lowest BCUT2D eigenvalue weighted by Crippen LogP contribution is -2.46. The minimum absolute atomic E-state index is 0.334. The number of ether oxygens (including phenoxy) is 1. The van der Waals surface area contributed by atoms with Gasteiger partial charge in [-0.1, -0.05) is 0 Å². The van der Waals surface area contributed by atoms with Gasteiger partial charge in [-0.2, -0.15) is 11.8 Å². The van der Waals surface area contributed by atoms with Crippen molar-refractivity contribution >= 4 is 17.7 Å². The molecular formula is C14H25N3O2S. The molecule has 1 N–H and O–H groups in total. The van der Waals surface area contributed by atoms with Crippen LogP contribution in [0, 0.1) is 0 Å². The van der Waals surface area contributed by atoms with Crippen LogP contribution >= 0.6 is 11.8 Å². The van der Waals surface area contributed by atoms with E-state index in [1.54, 1.807) is 0 Å². The number of hydrogen-bond acceptors (Lipinski definition) is 5. The first-order valence-electron chi connectivity index (χ1n) is 7.73. The summed E-state index contributed by atoms with van der Waals surface area (Å²) in [5, 5.41) is 3.45. The number of rotatable bonds is 3. The van der Waals surface area contributed by atoms with Gasteiger partial charge < -0.3 is 15.0 Å². The van der Waals surface area contributed by atoms with E-state index in [9.17, 15) is 4.79 Å². The van der Waals surface area contributed by atoms with Crippen molar-refractivity contribution in [2.45, 2.75) is 24.9 Å². The van der Waals surface area contributed by atoms with E-state index in [-0.39, 0.29) is 0 Å². The summed E-state index contributed by atoms with van der Waals surface area (Å²) in [5.41, 5.74) is 0. The molecule has 3 heterocycles. The van der Waals surface area contributed by atoms with Crippen molar-refractivity contribution in [1.29, 1.82) is 0 Å². The number of morpholine rings is 1. The van der Waals surface area contributed by atoms with Crippen LogP contribution in [-0.4, -0.2) is 85.2 Å². The minimum atomic E-state index is 0.334. The van der Waals surface area contributed by atoms with Crippen LogP contribution in [0.3, 0.4) is 0 Å². The number of nitrogens with zero attached hydrogens (tertiary/aromatic N) is 2. The predicted molar refractivity (Wildman–Crippen MR) is 81.1 cm³/mol. The number of carbonyl (C=O) groups is 1. The van der Waals surface area contributed by atoms with E-state index < -0.39 is 0 Å². The van der Waals surface area contributed by atoms with Crippen LogP contribution in [0.1, 0.15) is 12.8 Å². The Labute approximate surface area is 125 Å². The molecular weight excluding hydrogens is 274 g/mol. The highest BCUT2D eigenvalue weighted by Crippen LogP contribution is 2.19. The van der Waals surface area contributed by atoms with E-state index in [1.807, 2.05) is 11.8 Å². The molecule has 0 aromatic rings. The molecule has 0 aromatic heterocycles. The molecule has 1 amide bonds. The van der Waals surface area contributed by atoms with Gasteiger partial charge in [0.05, 0.1) is 13.2 Å². The van der Waals surface area contributed by atoms with Crippen molar-refractivity contribution in [1.82, 2.24) is 15.1 Å². The van der Waals surface area contributed by atoms with Gasteiger partial charge in [0.15, 0.2) is 0 Å². The number of hydrogen-bond donors (Lipinski definition) is 1. The minimum Gasteiger partial charge on any atom is -0.379 e. The maximum absolute atomic E-state index is 12.4. The van der Waals surface area contributed by atoms with Gasteiger partial charge in [0.1, 0.15) is 0 Å². The molecule has 3 rings (SSSR count). The third-order valence-electron chi connectivity index (χ3n) is 4.50. The molecule has 3 aliphatic rings. The SMILES string of the molecule is O=C(CC1CSCCN1)N1CCC(N2CCOCC2)C1. The molecule has 0 aliphatic carbocycles. The zero-order valence-corrected chi connectivity index (χ0v) is 12.9. The summed E-state index contributed by atoms with van der Waals surface area (Å²) in [5.74, 6) is 2.58. The van der Waals surface area contributed by atoms with E-state index in [4.69, 9.17) is 4.74 Å². The van der Waals surface area contributed by atoms with E-state index in [0.717, 1.165) is 58.1 Å². The predicted octanol–water partition coefficient (Wildman–Crippen LogP) is 0.0146. The number of amides is 1. The average molecular weight is 299 g/mol. The highest BCUT2D eigenvalue weighted by atomic mass is 32.2. The van der Waals surface area contributed by atoms with Gasteiger partial charge >= 0.3 is 0 Å². The van der Waals surface area contributed by atoms with Gasteiger partial charge in [-0.25, -0.2) is 0 Å². The van der Waals surface area contributed by atoms with Gasteiger partial charge in [0.25, 0.3) is 0 Å². The lowest BCUT2D eigenvalue weighted by Gasteiger charge is -2.32. The summed E-state index contributed by atoms with van der Waals surface area (Å²) in [4.78, 5) is 16.9. The van der Waals surface area contributed by atoms with Crippen molar-refractivity contribution in [3.05, 3.63) is 0 Å². The fourth-order valence-electron chi connectivity index (χ4n) is 3.30. The maximum atomic E-state index is 12.4. The summed E-state index contributed by atoms with van der Waals surface area (Å²) in [7, 11) is 0. The molecule has 0 saturated carbocycles. The van der Waals surface area contributed by atoms with Crippen LogP contribution in [0.2, 0.25) is 0 Å². The lowest BCUT2D eigenvalue weighted by molar-refractivity contribution is -0.130. The average Bonchev–Trinajstić information content (AvgIpc) is 2.99. The highest BCUT2D eigenvalue weighted by Gasteiger charge is 2.31. The fourth-order valence-corrected chi connectivity index (χ4v) is 4.25. The zero-order valence-electron chi connectivity index (χ0n) is 12.1. The summed E-state index contributed by atoms with van der Waals surface area (Å²) in [6.07, 6.45) is 1.79.